The minimum absolute atomic E-state index is 0.0132. The summed E-state index contributed by atoms with van der Waals surface area (Å²) in [6.45, 7) is 0.925. The summed E-state index contributed by atoms with van der Waals surface area (Å²) in [6, 6.07) is 10.2. The molecule has 9 heteroatoms. The summed E-state index contributed by atoms with van der Waals surface area (Å²) in [6.07, 6.45) is 2.80. The molecule has 9 nitrogen and oxygen atoms in total. The lowest BCUT2D eigenvalue weighted by molar-refractivity contribution is -0.385. The van der Waals surface area contributed by atoms with Gasteiger partial charge in [0, 0.05) is 17.2 Å². The molecule has 2 amide bonds. The lowest BCUT2D eigenvalue weighted by Crippen LogP contribution is -2.34. The van der Waals surface area contributed by atoms with Crippen LogP contribution in [0.1, 0.15) is 45.5 Å². The van der Waals surface area contributed by atoms with Gasteiger partial charge in [-0.15, -0.1) is 0 Å². The van der Waals surface area contributed by atoms with Gasteiger partial charge >= 0.3 is 5.97 Å². The fraction of sp³-hybridized carbons (Fsp3) is 0.360. The Labute approximate surface area is 194 Å². The zero-order chi connectivity index (χ0) is 24.1. The fourth-order valence-corrected chi connectivity index (χ4v) is 5.76. The highest BCUT2D eigenvalue weighted by Crippen LogP contribution is 2.56. The van der Waals surface area contributed by atoms with Crippen LogP contribution in [-0.4, -0.2) is 35.1 Å². The summed E-state index contributed by atoms with van der Waals surface area (Å²) in [5.41, 5.74) is 0.430. The molecular formula is C25H22N2O7. The number of nitro benzene ring substituents is 1. The molecule has 5 rings (SSSR count). The van der Waals surface area contributed by atoms with Gasteiger partial charge in [0.1, 0.15) is 0 Å². The molecule has 174 valence electrons. The zero-order valence-corrected chi connectivity index (χ0v) is 18.4. The molecule has 34 heavy (non-hydrogen) atoms. The number of ketones is 1. The van der Waals surface area contributed by atoms with Crippen LogP contribution in [0.25, 0.3) is 0 Å². The number of Topliss-reactive ketones (excluding diaryl/α,β-unsaturated/α-hetero) is 1. The van der Waals surface area contributed by atoms with Crippen molar-refractivity contribution in [1.29, 1.82) is 0 Å². The van der Waals surface area contributed by atoms with Crippen molar-refractivity contribution in [1.82, 2.24) is 0 Å². The molecule has 0 spiro atoms. The maximum Gasteiger partial charge on any atom is 0.340 e. The second-order valence-corrected chi connectivity index (χ2v) is 9.17. The third kappa shape index (κ3) is 3.39. The van der Waals surface area contributed by atoms with Gasteiger partial charge in [-0.1, -0.05) is 24.3 Å². The van der Waals surface area contributed by atoms with Crippen LogP contribution in [0.4, 0.5) is 11.4 Å². The van der Waals surface area contributed by atoms with Gasteiger partial charge in [0.25, 0.3) is 5.69 Å². The average Bonchev–Trinajstić information content (AvgIpc) is 3.51. The Balaban J connectivity index is 1.34. The van der Waals surface area contributed by atoms with Crippen molar-refractivity contribution < 1.29 is 28.8 Å². The van der Waals surface area contributed by atoms with Crippen molar-refractivity contribution in [3.05, 3.63) is 69.3 Å². The topological polar surface area (TPSA) is 124 Å². The highest BCUT2D eigenvalue weighted by molar-refractivity contribution is 6.24. The molecule has 2 saturated carbocycles. The molecule has 4 atom stereocenters. The number of carbonyl (C=O) groups is 4. The summed E-state index contributed by atoms with van der Waals surface area (Å²) in [5.74, 6) is -2.22. The number of fused-ring (bicyclic) bond motifs is 5. The minimum atomic E-state index is -0.855. The minimum Gasteiger partial charge on any atom is -0.454 e. The van der Waals surface area contributed by atoms with Crippen molar-refractivity contribution in [2.24, 2.45) is 23.7 Å². The Morgan fingerprint density at radius 2 is 1.71 bits per heavy atom. The SMILES string of the molecule is Cc1ccc(C(=O)COC(=O)c2ccccc2N2C(=O)[C@H]3[C@H]4CC[C@@H](C4)[C@@H]3C2=O)cc1[N+](=O)[O-]. The number of ether oxygens (including phenoxy) is 1. The van der Waals surface area contributed by atoms with Crippen LogP contribution in [0.3, 0.4) is 0 Å². The summed E-state index contributed by atoms with van der Waals surface area (Å²) in [4.78, 5) is 63.4. The lowest BCUT2D eigenvalue weighted by atomic mass is 9.81. The molecule has 0 unspecified atom stereocenters. The lowest BCUT2D eigenvalue weighted by Gasteiger charge is -2.19. The van der Waals surface area contributed by atoms with Gasteiger partial charge in [-0.3, -0.25) is 24.5 Å². The van der Waals surface area contributed by atoms with E-state index in [4.69, 9.17) is 4.74 Å². The predicted molar refractivity (Wildman–Crippen MR) is 119 cm³/mol. The molecule has 2 bridgehead atoms. The van der Waals surface area contributed by atoms with Crippen LogP contribution in [0.15, 0.2) is 42.5 Å². The van der Waals surface area contributed by atoms with E-state index in [1.54, 1.807) is 19.1 Å². The predicted octanol–water partition coefficient (Wildman–Crippen LogP) is 3.48. The molecule has 2 aliphatic carbocycles. The molecule has 1 saturated heterocycles. The molecule has 2 aromatic carbocycles. The van der Waals surface area contributed by atoms with Crippen LogP contribution in [-0.2, 0) is 14.3 Å². The molecule has 0 aromatic heterocycles. The Morgan fingerprint density at radius 3 is 2.35 bits per heavy atom. The van der Waals surface area contributed by atoms with Gasteiger partial charge in [0.2, 0.25) is 17.6 Å². The van der Waals surface area contributed by atoms with Gasteiger partial charge < -0.3 is 4.74 Å². The van der Waals surface area contributed by atoms with E-state index in [0.29, 0.717) is 5.56 Å². The normalized spacial score (nSPS) is 24.9. The zero-order valence-electron chi connectivity index (χ0n) is 18.4. The number of rotatable bonds is 6. The second kappa shape index (κ2) is 8.16. The Hall–Kier alpha value is -3.88. The van der Waals surface area contributed by atoms with Gasteiger partial charge in [-0.2, -0.15) is 0 Å². The van der Waals surface area contributed by atoms with E-state index < -0.39 is 23.3 Å². The number of amides is 2. The number of benzene rings is 2. The number of carbonyl (C=O) groups excluding carboxylic acids is 4. The van der Waals surface area contributed by atoms with Crippen molar-refractivity contribution in [2.45, 2.75) is 26.2 Å². The highest BCUT2D eigenvalue weighted by Gasteiger charge is 2.61. The largest absolute Gasteiger partial charge is 0.454 e. The van der Waals surface area contributed by atoms with E-state index in [2.05, 4.69) is 0 Å². The third-order valence-electron chi connectivity index (χ3n) is 7.35. The monoisotopic (exact) mass is 462 g/mol. The number of para-hydroxylation sites is 1. The fourth-order valence-electron chi connectivity index (χ4n) is 5.76. The molecule has 3 fully saturated rings. The van der Waals surface area contributed by atoms with Crippen molar-refractivity contribution in [2.75, 3.05) is 11.5 Å². The van der Waals surface area contributed by atoms with E-state index in [9.17, 15) is 29.3 Å². The maximum absolute atomic E-state index is 13.2. The number of esters is 1. The first-order valence-corrected chi connectivity index (χ1v) is 11.2. The van der Waals surface area contributed by atoms with Crippen LogP contribution < -0.4 is 4.90 Å². The molecular weight excluding hydrogens is 440 g/mol. The van der Waals surface area contributed by atoms with Crippen molar-refractivity contribution in [3.8, 4) is 0 Å². The van der Waals surface area contributed by atoms with Crippen LogP contribution in [0.2, 0.25) is 0 Å². The van der Waals surface area contributed by atoms with Crippen LogP contribution in [0.5, 0.6) is 0 Å². The number of aryl methyl sites for hydroxylation is 1. The Morgan fingerprint density at radius 1 is 1.06 bits per heavy atom. The van der Waals surface area contributed by atoms with Gasteiger partial charge in [0.15, 0.2) is 6.61 Å². The van der Waals surface area contributed by atoms with Gasteiger partial charge in [-0.05, 0) is 50.2 Å². The summed E-state index contributed by atoms with van der Waals surface area (Å²) in [7, 11) is 0. The molecule has 3 aliphatic rings. The molecule has 1 aliphatic heterocycles. The standard InChI is InChI=1S/C25H22N2O7/c1-13-6-7-14(11-19(13)27(32)33)20(28)12-34-25(31)17-4-2-3-5-18(17)26-23(29)21-15-8-9-16(10-15)22(21)24(26)30/h2-7,11,15-16,21-22H,8-10,12H2,1H3/t15-,16-,21-,22-/m0/s1. The second-order valence-electron chi connectivity index (χ2n) is 9.17. The van der Waals surface area contributed by atoms with E-state index in [0.717, 1.165) is 30.2 Å². The number of imide groups is 1. The van der Waals surface area contributed by atoms with E-state index in [1.807, 2.05) is 0 Å². The number of nitro groups is 1. The Kier molecular flexibility index (Phi) is 5.27. The summed E-state index contributed by atoms with van der Waals surface area (Å²) in [5, 5.41) is 11.1. The number of hydrogen-bond acceptors (Lipinski definition) is 7. The molecule has 2 aromatic rings. The summed E-state index contributed by atoms with van der Waals surface area (Å²) < 4.78 is 5.19. The van der Waals surface area contributed by atoms with E-state index >= 15 is 0 Å². The third-order valence-corrected chi connectivity index (χ3v) is 7.35. The first kappa shape index (κ1) is 21.9. The van der Waals surface area contributed by atoms with Crippen molar-refractivity contribution in [3.63, 3.8) is 0 Å². The summed E-state index contributed by atoms with van der Waals surface area (Å²) >= 11 is 0. The quantitative estimate of drug-likeness (QED) is 0.212. The molecule has 0 radical (unpaired) electrons. The van der Waals surface area contributed by atoms with Gasteiger partial charge in [0.05, 0.1) is 28.0 Å². The first-order chi connectivity index (χ1) is 16.3. The number of nitrogens with zero attached hydrogens (tertiary/aromatic N) is 2. The van der Waals surface area contributed by atoms with Gasteiger partial charge in [-0.25, -0.2) is 9.69 Å². The van der Waals surface area contributed by atoms with Crippen LogP contribution >= 0.6 is 0 Å². The average molecular weight is 462 g/mol. The molecule has 1 heterocycles. The van der Waals surface area contributed by atoms with E-state index in [1.165, 1.54) is 24.3 Å². The maximum atomic E-state index is 13.2. The highest BCUT2D eigenvalue weighted by atomic mass is 16.6. The first-order valence-electron chi connectivity index (χ1n) is 11.2. The number of anilines is 1. The Bertz CT molecular complexity index is 1230. The molecule has 0 N–H and O–H groups in total. The van der Waals surface area contributed by atoms with Crippen molar-refractivity contribution >= 4 is 34.9 Å². The smallest absolute Gasteiger partial charge is 0.340 e. The van der Waals surface area contributed by atoms with Crippen LogP contribution in [0, 0.1) is 40.7 Å². The van der Waals surface area contributed by atoms with E-state index in [-0.39, 0.29) is 58.0 Å². The number of hydrogen-bond donors (Lipinski definition) is 0.